The number of hydrogen-bond donors (Lipinski definition) is 1. The van der Waals surface area contributed by atoms with Gasteiger partial charge in [-0.3, -0.25) is 0 Å². The topological polar surface area (TPSA) is 75.4 Å². The summed E-state index contributed by atoms with van der Waals surface area (Å²) in [6.45, 7) is 5.91. The molecule has 0 unspecified atom stereocenters. The van der Waals surface area contributed by atoms with E-state index in [4.69, 9.17) is 4.52 Å². The molecule has 1 aromatic heterocycles. The minimum absolute atomic E-state index is 0.152. The molecule has 0 aliphatic rings. The van der Waals surface area contributed by atoms with E-state index in [1.807, 2.05) is 18.2 Å². The van der Waals surface area contributed by atoms with Gasteiger partial charge >= 0.3 is 0 Å². The summed E-state index contributed by atoms with van der Waals surface area (Å²) in [5.74, 6) is 0.456. The lowest BCUT2D eigenvalue weighted by atomic mass is 10.2. The van der Waals surface area contributed by atoms with Crippen LogP contribution in [-0.4, -0.2) is 33.2 Å². The molecule has 1 aromatic carbocycles. The fourth-order valence-corrected chi connectivity index (χ4v) is 3.42. The van der Waals surface area contributed by atoms with E-state index in [2.05, 4.69) is 33.8 Å². The lowest BCUT2D eigenvalue weighted by molar-refractivity contribution is 0.392. The average molecular weight is 337 g/mol. The van der Waals surface area contributed by atoms with Gasteiger partial charge in [-0.1, -0.05) is 23.4 Å². The largest absolute Gasteiger partial charge is 0.372 e. The van der Waals surface area contributed by atoms with E-state index in [0.29, 0.717) is 18.0 Å². The van der Waals surface area contributed by atoms with Gasteiger partial charge in [-0.05, 0) is 32.4 Å². The maximum Gasteiger partial charge on any atom is 0.217 e. The monoisotopic (exact) mass is 337 g/mol. The second-order valence-corrected chi connectivity index (χ2v) is 7.16. The maximum absolute atomic E-state index is 12.0. The second-order valence-electron chi connectivity index (χ2n) is 5.35. The van der Waals surface area contributed by atoms with Crippen LogP contribution in [0.15, 0.2) is 40.9 Å². The average Bonchev–Trinajstić information content (AvgIpc) is 2.92. The molecule has 0 atom stereocenters. The predicted molar refractivity (Wildman–Crippen MR) is 90.8 cm³/mol. The Hall–Kier alpha value is -1.86. The van der Waals surface area contributed by atoms with Gasteiger partial charge in [0.1, 0.15) is 17.2 Å². The van der Waals surface area contributed by atoms with Crippen LogP contribution in [0.5, 0.6) is 0 Å². The number of aromatic nitrogens is 1. The number of para-hydroxylation sites is 1. The van der Waals surface area contributed by atoms with Gasteiger partial charge in [0.25, 0.3) is 0 Å². The first kappa shape index (κ1) is 17.5. The van der Waals surface area contributed by atoms with Crippen LogP contribution in [0.4, 0.5) is 5.69 Å². The molecule has 0 saturated carbocycles. The summed E-state index contributed by atoms with van der Waals surface area (Å²) in [5, 5.41) is 3.71. The Bertz CT molecular complexity index is 698. The van der Waals surface area contributed by atoms with Crippen molar-refractivity contribution in [3.63, 3.8) is 0 Å². The molecule has 0 fully saturated rings. The van der Waals surface area contributed by atoms with E-state index in [1.165, 1.54) is 0 Å². The van der Waals surface area contributed by atoms with Gasteiger partial charge in [0.05, 0.1) is 0 Å². The van der Waals surface area contributed by atoms with Gasteiger partial charge in [-0.2, -0.15) is 0 Å². The van der Waals surface area contributed by atoms with Crippen LogP contribution in [0.1, 0.15) is 24.8 Å². The molecule has 1 N–H and O–H groups in total. The minimum atomic E-state index is -3.38. The third-order valence-electron chi connectivity index (χ3n) is 3.44. The van der Waals surface area contributed by atoms with Gasteiger partial charge in [0.2, 0.25) is 10.0 Å². The maximum atomic E-state index is 12.0. The van der Waals surface area contributed by atoms with Crippen LogP contribution in [0.25, 0.3) is 0 Å². The normalized spacial score (nSPS) is 11.6. The van der Waals surface area contributed by atoms with E-state index in [0.717, 1.165) is 25.2 Å². The number of nitrogens with one attached hydrogen (secondary N) is 1. The Morgan fingerprint density at radius 1 is 1.26 bits per heavy atom. The number of aryl methyl sites for hydroxylation is 1. The van der Waals surface area contributed by atoms with Crippen LogP contribution in [0.2, 0.25) is 0 Å². The Kier molecular flexibility index (Phi) is 6.18. The smallest absolute Gasteiger partial charge is 0.217 e. The molecule has 0 saturated heterocycles. The van der Waals surface area contributed by atoms with Crippen molar-refractivity contribution >= 4 is 15.7 Å². The molecule has 126 valence electrons. The van der Waals surface area contributed by atoms with Crippen LogP contribution in [0.3, 0.4) is 0 Å². The van der Waals surface area contributed by atoms with Crippen LogP contribution in [-0.2, 0) is 15.8 Å². The zero-order valence-corrected chi connectivity index (χ0v) is 14.3. The van der Waals surface area contributed by atoms with Crippen molar-refractivity contribution in [3.8, 4) is 0 Å². The zero-order chi connectivity index (χ0) is 16.7. The van der Waals surface area contributed by atoms with Crippen molar-refractivity contribution < 1.29 is 12.9 Å². The molecule has 0 aliphatic carbocycles. The summed E-state index contributed by atoms with van der Waals surface area (Å²) < 4.78 is 31.5. The lowest BCUT2D eigenvalue weighted by Crippen LogP contribution is -2.30. The fourth-order valence-electron chi connectivity index (χ4n) is 2.34. The Morgan fingerprint density at radius 3 is 2.61 bits per heavy atom. The molecule has 2 aromatic rings. The summed E-state index contributed by atoms with van der Waals surface area (Å²) in [6, 6.07) is 11.7. The first-order valence-electron chi connectivity index (χ1n) is 7.69. The highest BCUT2D eigenvalue weighted by molar-refractivity contribution is 7.88. The van der Waals surface area contributed by atoms with Crippen molar-refractivity contribution in [2.75, 3.05) is 24.5 Å². The van der Waals surface area contributed by atoms with Crippen LogP contribution < -0.4 is 9.62 Å². The minimum Gasteiger partial charge on any atom is -0.372 e. The van der Waals surface area contributed by atoms with Crippen molar-refractivity contribution in [2.45, 2.75) is 26.0 Å². The molecular formula is C16H23N3O3S. The van der Waals surface area contributed by atoms with Crippen molar-refractivity contribution in [3.05, 3.63) is 47.9 Å². The molecule has 1 heterocycles. The number of anilines is 1. The highest BCUT2D eigenvalue weighted by atomic mass is 32.2. The number of rotatable bonds is 9. The van der Waals surface area contributed by atoms with Gasteiger partial charge < -0.3 is 9.42 Å². The number of nitrogens with zero attached hydrogens (tertiary/aromatic N) is 2. The van der Waals surface area contributed by atoms with E-state index in [-0.39, 0.29) is 5.75 Å². The second kappa shape index (κ2) is 8.12. The molecule has 0 amide bonds. The van der Waals surface area contributed by atoms with Crippen LogP contribution >= 0.6 is 0 Å². The molecule has 6 nitrogen and oxygen atoms in total. The standard InChI is InChI=1S/C16H23N3O3S/c1-3-19(16-8-5-4-6-9-16)11-7-10-17-23(20,21)13-15-12-14(2)22-18-15/h4-6,8-9,12,17H,3,7,10-11,13H2,1-2H3. The van der Waals surface area contributed by atoms with E-state index in [9.17, 15) is 8.42 Å². The van der Waals surface area contributed by atoms with Gasteiger partial charge in [0, 0.05) is 31.4 Å². The highest BCUT2D eigenvalue weighted by Gasteiger charge is 2.14. The summed E-state index contributed by atoms with van der Waals surface area (Å²) in [4.78, 5) is 2.22. The molecule has 2 rings (SSSR count). The van der Waals surface area contributed by atoms with Gasteiger partial charge in [-0.15, -0.1) is 0 Å². The SMILES string of the molecule is CCN(CCCNS(=O)(=O)Cc1cc(C)on1)c1ccccc1. The summed E-state index contributed by atoms with van der Waals surface area (Å²) in [6.07, 6.45) is 0.736. The molecule has 0 spiro atoms. The Labute approximate surface area is 137 Å². The lowest BCUT2D eigenvalue weighted by Gasteiger charge is -2.23. The molecular weight excluding hydrogens is 314 g/mol. The van der Waals surface area contributed by atoms with E-state index >= 15 is 0 Å². The summed E-state index contributed by atoms with van der Waals surface area (Å²) >= 11 is 0. The Balaban J connectivity index is 1.77. The third kappa shape index (κ3) is 5.69. The number of sulfonamides is 1. The first-order valence-corrected chi connectivity index (χ1v) is 9.35. The van der Waals surface area contributed by atoms with E-state index in [1.54, 1.807) is 13.0 Å². The third-order valence-corrected chi connectivity index (χ3v) is 4.76. The Morgan fingerprint density at radius 2 is 2.00 bits per heavy atom. The fraction of sp³-hybridized carbons (Fsp3) is 0.438. The quantitative estimate of drug-likeness (QED) is 0.711. The number of hydrogen-bond acceptors (Lipinski definition) is 5. The molecule has 0 aliphatic heterocycles. The zero-order valence-electron chi connectivity index (χ0n) is 13.5. The van der Waals surface area contributed by atoms with E-state index < -0.39 is 10.0 Å². The summed E-state index contributed by atoms with van der Waals surface area (Å²) in [5.41, 5.74) is 1.57. The van der Waals surface area contributed by atoms with Crippen molar-refractivity contribution in [2.24, 2.45) is 0 Å². The molecule has 7 heteroatoms. The summed E-state index contributed by atoms with van der Waals surface area (Å²) in [7, 11) is -3.38. The van der Waals surface area contributed by atoms with Crippen molar-refractivity contribution in [1.29, 1.82) is 0 Å². The predicted octanol–water partition coefficient (Wildman–Crippen LogP) is 2.32. The number of benzene rings is 1. The molecule has 0 radical (unpaired) electrons. The van der Waals surface area contributed by atoms with Crippen molar-refractivity contribution in [1.82, 2.24) is 9.88 Å². The van der Waals surface area contributed by atoms with Gasteiger partial charge in [0.15, 0.2) is 0 Å². The first-order chi connectivity index (χ1) is 11.0. The molecule has 23 heavy (non-hydrogen) atoms. The highest BCUT2D eigenvalue weighted by Crippen LogP contribution is 2.13. The molecule has 0 bridgehead atoms. The van der Waals surface area contributed by atoms with Crippen LogP contribution in [0, 0.1) is 6.92 Å². The van der Waals surface area contributed by atoms with Gasteiger partial charge in [-0.25, -0.2) is 13.1 Å².